The van der Waals surface area contributed by atoms with Crippen molar-refractivity contribution in [3.63, 3.8) is 0 Å². The largest absolute Gasteiger partial charge is 0.393 e. The van der Waals surface area contributed by atoms with Crippen molar-refractivity contribution in [3.8, 4) is 11.3 Å². The quantitative estimate of drug-likeness (QED) is 0.541. The zero-order chi connectivity index (χ0) is 24.5. The number of morpholine rings is 1. The van der Waals surface area contributed by atoms with E-state index in [1.807, 2.05) is 22.9 Å². The number of rotatable bonds is 5. The Balaban J connectivity index is 1.38. The first-order valence-corrected chi connectivity index (χ1v) is 12.9. The van der Waals surface area contributed by atoms with Crippen molar-refractivity contribution in [2.45, 2.75) is 43.9 Å². The Labute approximate surface area is 209 Å². The van der Waals surface area contributed by atoms with Crippen molar-refractivity contribution in [1.82, 2.24) is 24.5 Å². The smallest absolute Gasteiger partial charge is 0.228 e. The van der Waals surface area contributed by atoms with E-state index in [4.69, 9.17) is 29.4 Å². The van der Waals surface area contributed by atoms with Crippen LogP contribution in [0.5, 0.6) is 0 Å². The van der Waals surface area contributed by atoms with Gasteiger partial charge in [0.15, 0.2) is 5.65 Å². The lowest BCUT2D eigenvalue weighted by molar-refractivity contribution is -0.0327. The minimum Gasteiger partial charge on any atom is -0.393 e. The van der Waals surface area contributed by atoms with Crippen LogP contribution in [0.15, 0.2) is 24.7 Å². The number of hydrogen-bond donors (Lipinski definition) is 2. The van der Waals surface area contributed by atoms with Crippen LogP contribution in [0.1, 0.15) is 38.3 Å². The highest BCUT2D eigenvalue weighted by atomic mass is 16.5. The summed E-state index contributed by atoms with van der Waals surface area (Å²) in [7, 11) is 0. The number of hydrogen-bond acceptors (Lipinski definition) is 10. The van der Waals surface area contributed by atoms with Crippen molar-refractivity contribution in [1.29, 1.82) is 0 Å². The van der Waals surface area contributed by atoms with Gasteiger partial charge in [-0.3, -0.25) is 4.57 Å². The zero-order valence-electron chi connectivity index (χ0n) is 20.4. The Morgan fingerprint density at radius 2 is 1.81 bits per heavy atom. The summed E-state index contributed by atoms with van der Waals surface area (Å²) in [4.78, 5) is 23.6. The van der Waals surface area contributed by atoms with Crippen LogP contribution in [-0.4, -0.2) is 92.9 Å². The number of ether oxygens (including phenoxy) is 2. The Kier molecular flexibility index (Phi) is 6.46. The molecular weight excluding hydrogens is 462 g/mol. The lowest BCUT2D eigenvalue weighted by atomic mass is 9.93. The summed E-state index contributed by atoms with van der Waals surface area (Å²) in [6, 6.07) is 4.07. The summed E-state index contributed by atoms with van der Waals surface area (Å²) in [5, 5.41) is 20.1. The molecule has 11 heteroatoms. The van der Waals surface area contributed by atoms with Crippen LogP contribution in [0.25, 0.3) is 22.4 Å². The Bertz CT molecular complexity index is 1180. The molecule has 3 aliphatic heterocycles. The summed E-state index contributed by atoms with van der Waals surface area (Å²) in [5.74, 6) is 1.51. The number of imidazole rings is 1. The summed E-state index contributed by atoms with van der Waals surface area (Å²) < 4.78 is 13.5. The molecule has 0 aliphatic carbocycles. The third kappa shape index (κ3) is 4.52. The van der Waals surface area contributed by atoms with E-state index in [9.17, 15) is 10.2 Å². The van der Waals surface area contributed by atoms with Crippen LogP contribution in [0.4, 0.5) is 11.8 Å². The fraction of sp³-hybridized carbons (Fsp3) is 0.600. The van der Waals surface area contributed by atoms with Crippen LogP contribution in [-0.2, 0) is 9.47 Å². The van der Waals surface area contributed by atoms with Gasteiger partial charge in [-0.05, 0) is 44.2 Å². The predicted octanol–water partition coefficient (Wildman–Crippen LogP) is 1.75. The van der Waals surface area contributed by atoms with E-state index in [1.54, 1.807) is 6.33 Å². The van der Waals surface area contributed by atoms with Gasteiger partial charge in [-0.2, -0.15) is 4.98 Å². The third-order valence-electron chi connectivity index (χ3n) is 7.50. The maximum Gasteiger partial charge on any atom is 0.228 e. The van der Waals surface area contributed by atoms with E-state index in [2.05, 4.69) is 9.80 Å². The Morgan fingerprint density at radius 3 is 2.50 bits per heavy atom. The molecule has 0 radical (unpaired) electrons. The number of anilines is 2. The second-order valence-corrected chi connectivity index (χ2v) is 9.89. The topological polar surface area (TPSA) is 122 Å². The Morgan fingerprint density at radius 1 is 0.972 bits per heavy atom. The van der Waals surface area contributed by atoms with Gasteiger partial charge in [0.2, 0.25) is 5.95 Å². The number of piperidine rings is 1. The van der Waals surface area contributed by atoms with Crippen molar-refractivity contribution in [2.75, 3.05) is 62.4 Å². The first-order valence-electron chi connectivity index (χ1n) is 12.9. The third-order valence-corrected chi connectivity index (χ3v) is 7.50. The highest BCUT2D eigenvalue weighted by Gasteiger charge is 2.33. The van der Waals surface area contributed by atoms with Gasteiger partial charge in [0.05, 0.1) is 31.7 Å². The molecule has 3 aliphatic rings. The first kappa shape index (κ1) is 23.5. The maximum atomic E-state index is 10.5. The molecule has 6 rings (SSSR count). The lowest BCUT2D eigenvalue weighted by Gasteiger charge is -2.37. The van der Waals surface area contributed by atoms with Crippen molar-refractivity contribution in [3.05, 3.63) is 24.7 Å². The molecule has 3 aromatic rings. The number of aliphatic hydroxyl groups excluding tert-OH is 1. The molecule has 6 heterocycles. The van der Waals surface area contributed by atoms with Gasteiger partial charge < -0.3 is 29.5 Å². The van der Waals surface area contributed by atoms with E-state index >= 15 is 0 Å². The first-order chi connectivity index (χ1) is 17.6. The molecule has 1 unspecified atom stereocenters. The van der Waals surface area contributed by atoms with Crippen molar-refractivity contribution in [2.24, 2.45) is 0 Å². The molecule has 0 spiro atoms. The lowest BCUT2D eigenvalue weighted by Crippen LogP contribution is -2.47. The normalized spacial score (nSPS) is 22.8. The molecule has 0 aromatic carbocycles. The van der Waals surface area contributed by atoms with Gasteiger partial charge in [-0.15, -0.1) is 0 Å². The molecule has 2 N–H and O–H groups in total. The van der Waals surface area contributed by atoms with Gasteiger partial charge in [0.1, 0.15) is 23.3 Å². The fourth-order valence-electron chi connectivity index (χ4n) is 5.19. The molecule has 0 amide bonds. The average molecular weight is 496 g/mol. The number of fused-ring (bicyclic) bond motifs is 1. The van der Waals surface area contributed by atoms with Gasteiger partial charge in [0.25, 0.3) is 0 Å². The van der Waals surface area contributed by atoms with Gasteiger partial charge in [0, 0.05) is 44.5 Å². The van der Waals surface area contributed by atoms with E-state index < -0.39 is 5.60 Å². The molecule has 3 saturated heterocycles. The number of aromatic nitrogens is 5. The number of pyridine rings is 1. The predicted molar refractivity (Wildman–Crippen MR) is 134 cm³/mol. The van der Waals surface area contributed by atoms with Crippen LogP contribution in [0, 0.1) is 0 Å². The van der Waals surface area contributed by atoms with E-state index in [0.717, 1.165) is 67.2 Å². The van der Waals surface area contributed by atoms with E-state index in [-0.39, 0.29) is 12.8 Å². The van der Waals surface area contributed by atoms with Gasteiger partial charge in [-0.1, -0.05) is 0 Å². The molecule has 0 saturated carbocycles. The van der Waals surface area contributed by atoms with E-state index in [1.165, 1.54) is 0 Å². The molecule has 0 bridgehead atoms. The van der Waals surface area contributed by atoms with Crippen molar-refractivity contribution < 1.29 is 19.7 Å². The number of aliphatic hydroxyl groups is 2. The minimum absolute atomic E-state index is 0.0954. The van der Waals surface area contributed by atoms with Crippen LogP contribution in [0.2, 0.25) is 0 Å². The SMILES string of the molecule is OCC1(O)CCN(c2nc(-c3ccc(N4CCOCC4)nc3)c3ncn(C4CCCCO4)c3n2)CC1. The molecule has 3 aromatic heterocycles. The summed E-state index contributed by atoms with van der Waals surface area (Å²) in [6.45, 7) is 4.69. The van der Waals surface area contributed by atoms with Gasteiger partial charge in [-0.25, -0.2) is 15.0 Å². The highest BCUT2D eigenvalue weighted by molar-refractivity contribution is 5.88. The van der Waals surface area contributed by atoms with Crippen molar-refractivity contribution >= 4 is 22.9 Å². The molecule has 192 valence electrons. The van der Waals surface area contributed by atoms with Crippen LogP contribution < -0.4 is 9.80 Å². The summed E-state index contributed by atoms with van der Waals surface area (Å²) >= 11 is 0. The molecular formula is C25H33N7O4. The highest BCUT2D eigenvalue weighted by Crippen LogP contribution is 2.33. The summed E-state index contributed by atoms with van der Waals surface area (Å²) in [5.41, 5.74) is 2.02. The zero-order valence-corrected chi connectivity index (χ0v) is 20.4. The maximum absolute atomic E-state index is 10.5. The van der Waals surface area contributed by atoms with Crippen LogP contribution >= 0.6 is 0 Å². The molecule has 11 nitrogen and oxygen atoms in total. The second-order valence-electron chi connectivity index (χ2n) is 9.89. The fourth-order valence-corrected chi connectivity index (χ4v) is 5.19. The minimum atomic E-state index is -1.04. The molecule has 3 fully saturated rings. The monoisotopic (exact) mass is 495 g/mol. The number of nitrogens with zero attached hydrogens (tertiary/aromatic N) is 7. The average Bonchev–Trinajstić information content (AvgIpc) is 3.38. The standard InChI is InChI=1S/C25H33N7O4/c33-16-25(34)6-8-31(9-7-25)24-28-21(18-4-5-19(26-15-18)30-10-13-35-14-11-30)22-23(29-24)32(17-27-22)20-3-1-2-12-36-20/h4-5,15,17,20,33-34H,1-3,6-14,16H2. The van der Waals surface area contributed by atoms with E-state index in [0.29, 0.717) is 45.1 Å². The van der Waals surface area contributed by atoms with Crippen LogP contribution in [0.3, 0.4) is 0 Å². The van der Waals surface area contributed by atoms with Gasteiger partial charge >= 0.3 is 0 Å². The Hall–Kier alpha value is -2.86. The molecule has 36 heavy (non-hydrogen) atoms. The molecule has 1 atom stereocenters. The summed E-state index contributed by atoms with van der Waals surface area (Å²) in [6.07, 6.45) is 7.57. The second kappa shape index (κ2) is 9.89.